The summed E-state index contributed by atoms with van der Waals surface area (Å²) < 4.78 is 2.43. The van der Waals surface area contributed by atoms with Crippen LogP contribution < -0.4 is 4.57 Å². The molecule has 1 heteroatoms. The average Bonchev–Trinajstić information content (AvgIpc) is 2.85. The monoisotopic (exact) mass is 464 g/mol. The van der Waals surface area contributed by atoms with Crippen molar-refractivity contribution in [2.24, 2.45) is 13.0 Å². The SMILES string of the molecule is CCC(C)(CC)c1c(C)cc(C)cc1-c1cc(CC(C)C)c2cc(-c3ccccc3)ccc2[n+]1C. The van der Waals surface area contributed by atoms with E-state index in [1.807, 2.05) is 0 Å². The standard InChI is InChI=1S/C34H42N/c1-9-34(7,10-2)33-25(6)19-24(5)20-30(33)32-22-28(18-23(3)4)29-21-27(16-17-31(29)35(32)8)26-14-12-11-13-15-26/h11-17,19-23H,9-10,18H2,1-8H3/q+1. The maximum absolute atomic E-state index is 2.49. The quantitative estimate of drug-likeness (QED) is 0.240. The maximum Gasteiger partial charge on any atom is 0.213 e. The fourth-order valence-electron chi connectivity index (χ4n) is 5.81. The van der Waals surface area contributed by atoms with E-state index in [-0.39, 0.29) is 5.41 Å². The van der Waals surface area contributed by atoms with E-state index in [2.05, 4.69) is 127 Å². The van der Waals surface area contributed by atoms with E-state index in [0.717, 1.165) is 19.3 Å². The lowest BCUT2D eigenvalue weighted by Gasteiger charge is -2.31. The summed E-state index contributed by atoms with van der Waals surface area (Å²) in [6, 6.07) is 25.0. The van der Waals surface area contributed by atoms with Crippen LogP contribution in [0, 0.1) is 19.8 Å². The maximum atomic E-state index is 2.49. The molecule has 4 aromatic rings. The highest BCUT2D eigenvalue weighted by Gasteiger charge is 2.31. The van der Waals surface area contributed by atoms with E-state index in [0.29, 0.717) is 5.92 Å². The van der Waals surface area contributed by atoms with Gasteiger partial charge in [0.2, 0.25) is 11.2 Å². The number of pyridine rings is 1. The number of fused-ring (bicyclic) bond motifs is 1. The van der Waals surface area contributed by atoms with Gasteiger partial charge in [0.05, 0.1) is 10.9 Å². The van der Waals surface area contributed by atoms with Crippen molar-refractivity contribution in [3.63, 3.8) is 0 Å². The summed E-state index contributed by atoms with van der Waals surface area (Å²) in [5.74, 6) is 0.592. The van der Waals surface area contributed by atoms with Gasteiger partial charge in [0.15, 0.2) is 0 Å². The van der Waals surface area contributed by atoms with Crippen molar-refractivity contribution in [1.29, 1.82) is 0 Å². The van der Waals surface area contributed by atoms with Crippen LogP contribution in [0.25, 0.3) is 33.3 Å². The van der Waals surface area contributed by atoms with Crippen molar-refractivity contribution in [1.82, 2.24) is 0 Å². The fourth-order valence-corrected chi connectivity index (χ4v) is 5.81. The summed E-state index contributed by atoms with van der Waals surface area (Å²) in [5, 5.41) is 1.37. The number of nitrogens with zero attached hydrogens (tertiary/aromatic N) is 1. The molecule has 0 spiro atoms. The molecule has 0 aliphatic carbocycles. The summed E-state index contributed by atoms with van der Waals surface area (Å²) in [4.78, 5) is 0. The molecule has 0 unspecified atom stereocenters. The smallest absolute Gasteiger partial charge is 0.194 e. The summed E-state index contributed by atoms with van der Waals surface area (Å²) in [7, 11) is 2.25. The van der Waals surface area contributed by atoms with Gasteiger partial charge in [-0.25, -0.2) is 0 Å². The molecule has 0 saturated carbocycles. The Kier molecular flexibility index (Phi) is 7.17. The minimum absolute atomic E-state index is 0.157. The lowest BCUT2D eigenvalue weighted by molar-refractivity contribution is -0.633. The van der Waals surface area contributed by atoms with Crippen LogP contribution >= 0.6 is 0 Å². The van der Waals surface area contributed by atoms with Gasteiger partial charge in [-0.2, -0.15) is 4.57 Å². The fraction of sp³-hybridized carbons (Fsp3) is 0.382. The molecule has 0 bridgehead atoms. The molecule has 4 rings (SSSR count). The molecule has 1 heterocycles. The summed E-state index contributed by atoms with van der Waals surface area (Å²) >= 11 is 0. The third kappa shape index (κ3) is 4.79. The van der Waals surface area contributed by atoms with Crippen LogP contribution in [0.4, 0.5) is 0 Å². The van der Waals surface area contributed by atoms with Crippen molar-refractivity contribution in [2.45, 2.75) is 73.1 Å². The minimum Gasteiger partial charge on any atom is -0.194 e. The molecule has 0 aliphatic heterocycles. The topological polar surface area (TPSA) is 3.88 Å². The van der Waals surface area contributed by atoms with Gasteiger partial charge in [0, 0.05) is 12.1 Å². The largest absolute Gasteiger partial charge is 0.213 e. The van der Waals surface area contributed by atoms with E-state index in [9.17, 15) is 0 Å². The average molecular weight is 465 g/mol. The Labute approximate surface area is 212 Å². The second kappa shape index (κ2) is 9.97. The van der Waals surface area contributed by atoms with Crippen molar-refractivity contribution < 1.29 is 4.57 Å². The molecule has 3 aromatic carbocycles. The third-order valence-electron chi connectivity index (χ3n) is 8.03. The van der Waals surface area contributed by atoms with Crippen molar-refractivity contribution in [2.75, 3.05) is 0 Å². The van der Waals surface area contributed by atoms with E-state index < -0.39 is 0 Å². The predicted octanol–water partition coefficient (Wildman–Crippen LogP) is 8.89. The van der Waals surface area contributed by atoms with Gasteiger partial charge in [0.1, 0.15) is 7.05 Å². The molecular formula is C34H42N+. The van der Waals surface area contributed by atoms with Crippen LogP contribution in [0.1, 0.15) is 69.7 Å². The first-order valence-electron chi connectivity index (χ1n) is 13.3. The molecule has 0 radical (unpaired) electrons. The zero-order chi connectivity index (χ0) is 25.3. The molecule has 0 saturated heterocycles. The Balaban J connectivity index is 2.04. The van der Waals surface area contributed by atoms with E-state index in [1.165, 1.54) is 55.5 Å². The predicted molar refractivity (Wildman–Crippen MR) is 152 cm³/mol. The van der Waals surface area contributed by atoms with Gasteiger partial charge in [-0.15, -0.1) is 0 Å². The molecule has 35 heavy (non-hydrogen) atoms. The van der Waals surface area contributed by atoms with Crippen LogP contribution in [-0.2, 0) is 18.9 Å². The molecule has 0 aliphatic rings. The zero-order valence-electron chi connectivity index (χ0n) is 23.0. The summed E-state index contributed by atoms with van der Waals surface area (Å²) in [6.07, 6.45) is 3.34. The number of rotatable bonds is 7. The van der Waals surface area contributed by atoms with E-state index in [1.54, 1.807) is 0 Å². The minimum atomic E-state index is 0.157. The Hall–Kier alpha value is -2.93. The molecule has 0 amide bonds. The van der Waals surface area contributed by atoms with Crippen molar-refractivity contribution in [3.8, 4) is 22.4 Å². The van der Waals surface area contributed by atoms with Gasteiger partial charge in [0.25, 0.3) is 0 Å². The number of aromatic nitrogens is 1. The first-order valence-corrected chi connectivity index (χ1v) is 13.3. The van der Waals surface area contributed by atoms with Gasteiger partial charge in [-0.05, 0) is 90.5 Å². The number of hydrogen-bond donors (Lipinski definition) is 0. The summed E-state index contributed by atoms with van der Waals surface area (Å²) in [6.45, 7) is 16.3. The van der Waals surface area contributed by atoms with Crippen LogP contribution in [0.3, 0.4) is 0 Å². The molecule has 0 N–H and O–H groups in total. The number of benzene rings is 3. The zero-order valence-corrected chi connectivity index (χ0v) is 23.0. The number of hydrogen-bond acceptors (Lipinski definition) is 0. The van der Waals surface area contributed by atoms with Crippen molar-refractivity contribution >= 4 is 10.9 Å². The third-order valence-corrected chi connectivity index (χ3v) is 8.03. The molecule has 1 aromatic heterocycles. The normalized spacial score (nSPS) is 12.0. The lowest BCUT2D eigenvalue weighted by Crippen LogP contribution is -2.34. The van der Waals surface area contributed by atoms with Crippen LogP contribution in [0.2, 0.25) is 0 Å². The Morgan fingerprint density at radius 1 is 0.829 bits per heavy atom. The first-order chi connectivity index (χ1) is 16.7. The highest BCUT2D eigenvalue weighted by molar-refractivity contribution is 5.87. The van der Waals surface area contributed by atoms with E-state index in [4.69, 9.17) is 0 Å². The van der Waals surface area contributed by atoms with Gasteiger partial charge >= 0.3 is 0 Å². The Bertz CT molecular complexity index is 1340. The first kappa shape index (κ1) is 25.2. The molecule has 0 atom stereocenters. The van der Waals surface area contributed by atoms with Crippen LogP contribution in [0.15, 0.2) is 66.7 Å². The summed E-state index contributed by atoms with van der Waals surface area (Å²) in [5.41, 5.74) is 12.5. The number of aryl methyl sites for hydroxylation is 3. The second-order valence-electron chi connectivity index (χ2n) is 11.1. The second-order valence-corrected chi connectivity index (χ2v) is 11.1. The van der Waals surface area contributed by atoms with Gasteiger partial charge in [-0.3, -0.25) is 0 Å². The highest BCUT2D eigenvalue weighted by Crippen LogP contribution is 2.41. The van der Waals surface area contributed by atoms with E-state index >= 15 is 0 Å². The molecule has 1 nitrogen and oxygen atoms in total. The van der Waals surface area contributed by atoms with Gasteiger partial charge in [-0.1, -0.05) is 76.6 Å². The van der Waals surface area contributed by atoms with Crippen LogP contribution in [0.5, 0.6) is 0 Å². The Morgan fingerprint density at radius 3 is 2.14 bits per heavy atom. The molecular weight excluding hydrogens is 422 g/mol. The Morgan fingerprint density at radius 2 is 1.51 bits per heavy atom. The molecule has 0 fully saturated rings. The van der Waals surface area contributed by atoms with Crippen molar-refractivity contribution in [3.05, 3.63) is 89.0 Å². The highest BCUT2D eigenvalue weighted by atomic mass is 14.9. The molecule has 182 valence electrons. The lowest BCUT2D eigenvalue weighted by atomic mass is 9.72. The van der Waals surface area contributed by atoms with Crippen LogP contribution in [-0.4, -0.2) is 0 Å². The van der Waals surface area contributed by atoms with Gasteiger partial charge < -0.3 is 0 Å².